The van der Waals surface area contributed by atoms with Crippen molar-refractivity contribution in [3.63, 3.8) is 0 Å². The predicted octanol–water partition coefficient (Wildman–Crippen LogP) is 2.87. The summed E-state index contributed by atoms with van der Waals surface area (Å²) in [7, 11) is -3.77. The molecule has 21 heavy (non-hydrogen) atoms. The van der Waals surface area contributed by atoms with Crippen molar-refractivity contribution in [3.05, 3.63) is 28.2 Å². The average Bonchev–Trinajstić information content (AvgIpc) is 2.41. The molecule has 8 heteroatoms. The molecule has 0 saturated carbocycles. The summed E-state index contributed by atoms with van der Waals surface area (Å²) in [6, 6.07) is 4.26. The number of sulfonamides is 1. The van der Waals surface area contributed by atoms with E-state index in [-0.39, 0.29) is 40.9 Å². The minimum atomic E-state index is -3.77. The normalized spacial score (nSPS) is 19.4. The number of hydrogen-bond donors (Lipinski definition) is 1. The molecule has 1 heterocycles. The van der Waals surface area contributed by atoms with Crippen LogP contribution in [0.1, 0.15) is 19.8 Å². The Labute approximate surface area is 133 Å². The molecule has 1 aromatic rings. The van der Waals surface area contributed by atoms with Crippen LogP contribution in [0.15, 0.2) is 23.1 Å². The smallest absolute Gasteiger partial charge is 0.309 e. The molecular weight excluding hydrogens is 337 g/mol. The summed E-state index contributed by atoms with van der Waals surface area (Å²) >= 11 is 11.8. The number of nitrogens with zero attached hydrogens (tertiary/aromatic N) is 1. The van der Waals surface area contributed by atoms with Crippen molar-refractivity contribution in [1.82, 2.24) is 4.31 Å². The Morgan fingerprint density at radius 3 is 2.38 bits per heavy atom. The molecule has 1 aliphatic heterocycles. The van der Waals surface area contributed by atoms with Crippen LogP contribution in [0.4, 0.5) is 0 Å². The van der Waals surface area contributed by atoms with Gasteiger partial charge in [0.2, 0.25) is 10.0 Å². The van der Waals surface area contributed by atoms with E-state index in [1.807, 2.05) is 0 Å². The van der Waals surface area contributed by atoms with Crippen molar-refractivity contribution in [1.29, 1.82) is 0 Å². The van der Waals surface area contributed by atoms with E-state index in [4.69, 9.17) is 23.2 Å². The molecule has 0 aliphatic carbocycles. The average molecular weight is 352 g/mol. The van der Waals surface area contributed by atoms with Crippen molar-refractivity contribution in [3.8, 4) is 0 Å². The predicted molar refractivity (Wildman–Crippen MR) is 80.2 cm³/mol. The monoisotopic (exact) mass is 351 g/mol. The molecule has 1 aliphatic rings. The number of aliphatic carboxylic acids is 1. The van der Waals surface area contributed by atoms with E-state index in [1.165, 1.54) is 22.5 Å². The summed E-state index contributed by atoms with van der Waals surface area (Å²) in [6.45, 7) is 1.92. The number of carboxylic acid groups (broad SMARTS) is 1. The molecule has 1 fully saturated rings. The van der Waals surface area contributed by atoms with Gasteiger partial charge in [0.1, 0.15) is 4.90 Å². The van der Waals surface area contributed by atoms with Gasteiger partial charge in [0.15, 0.2) is 0 Å². The van der Waals surface area contributed by atoms with E-state index < -0.39 is 21.4 Å². The van der Waals surface area contributed by atoms with Crippen LogP contribution < -0.4 is 0 Å². The first kappa shape index (κ1) is 16.5. The van der Waals surface area contributed by atoms with E-state index in [9.17, 15) is 18.3 Å². The van der Waals surface area contributed by atoms with E-state index >= 15 is 0 Å². The van der Waals surface area contributed by atoms with Crippen LogP contribution in [0.5, 0.6) is 0 Å². The van der Waals surface area contributed by atoms with Crippen LogP contribution in [-0.2, 0) is 14.8 Å². The highest BCUT2D eigenvalue weighted by molar-refractivity contribution is 7.89. The van der Waals surface area contributed by atoms with Crippen LogP contribution in [0.2, 0.25) is 10.0 Å². The van der Waals surface area contributed by atoms with Gasteiger partial charge < -0.3 is 5.11 Å². The van der Waals surface area contributed by atoms with Gasteiger partial charge in [-0.2, -0.15) is 4.31 Å². The van der Waals surface area contributed by atoms with Crippen LogP contribution in [0.3, 0.4) is 0 Å². The van der Waals surface area contributed by atoms with Gasteiger partial charge in [-0.3, -0.25) is 4.79 Å². The fraction of sp³-hybridized carbons (Fsp3) is 0.462. The Morgan fingerprint density at radius 1 is 1.29 bits per heavy atom. The molecule has 1 aromatic carbocycles. The van der Waals surface area contributed by atoms with E-state index in [0.29, 0.717) is 0 Å². The van der Waals surface area contributed by atoms with Gasteiger partial charge in [-0.05, 0) is 38.0 Å². The van der Waals surface area contributed by atoms with Crippen molar-refractivity contribution >= 4 is 39.2 Å². The van der Waals surface area contributed by atoms with Crippen LogP contribution >= 0.6 is 23.2 Å². The van der Waals surface area contributed by atoms with Crippen LogP contribution in [-0.4, -0.2) is 36.9 Å². The second-order valence-corrected chi connectivity index (χ2v) is 8.09. The summed E-state index contributed by atoms with van der Waals surface area (Å²) in [5.41, 5.74) is -0.885. The zero-order chi connectivity index (χ0) is 15.8. The Kier molecular flexibility index (Phi) is 4.54. The first-order valence-electron chi connectivity index (χ1n) is 6.35. The van der Waals surface area contributed by atoms with Gasteiger partial charge in [0.25, 0.3) is 0 Å². The molecule has 0 atom stereocenters. The Bertz CT molecular complexity index is 667. The van der Waals surface area contributed by atoms with Gasteiger partial charge in [0, 0.05) is 18.1 Å². The number of carboxylic acids is 1. The molecular formula is C13H15Cl2NO4S. The number of carbonyl (C=O) groups is 1. The topological polar surface area (TPSA) is 74.7 Å². The standard InChI is InChI=1S/C13H15Cl2NO4S/c1-13(12(17)18)4-6-16(7-5-13)21(19,20)11-8-9(14)2-3-10(11)15/h2-3,8H,4-7H2,1H3,(H,17,18). The molecule has 0 bridgehead atoms. The highest BCUT2D eigenvalue weighted by Gasteiger charge is 2.40. The van der Waals surface area contributed by atoms with Crippen molar-refractivity contribution in [2.75, 3.05) is 13.1 Å². The molecule has 0 unspecified atom stereocenters. The number of rotatable bonds is 3. The summed E-state index contributed by atoms with van der Waals surface area (Å²) < 4.78 is 26.4. The van der Waals surface area contributed by atoms with Crippen LogP contribution in [0.25, 0.3) is 0 Å². The first-order valence-corrected chi connectivity index (χ1v) is 8.55. The molecule has 0 spiro atoms. The summed E-state index contributed by atoms with van der Waals surface area (Å²) in [4.78, 5) is 11.1. The summed E-state index contributed by atoms with van der Waals surface area (Å²) in [6.07, 6.45) is 0.527. The molecule has 0 amide bonds. The van der Waals surface area contributed by atoms with Crippen molar-refractivity contribution in [2.24, 2.45) is 5.41 Å². The van der Waals surface area contributed by atoms with Crippen molar-refractivity contribution < 1.29 is 18.3 Å². The van der Waals surface area contributed by atoms with Gasteiger partial charge in [-0.1, -0.05) is 23.2 Å². The SMILES string of the molecule is CC1(C(=O)O)CCN(S(=O)(=O)c2cc(Cl)ccc2Cl)CC1. The number of piperidine rings is 1. The number of hydrogen-bond acceptors (Lipinski definition) is 3. The lowest BCUT2D eigenvalue weighted by Gasteiger charge is -2.35. The Balaban J connectivity index is 2.27. The minimum Gasteiger partial charge on any atom is -0.481 e. The van der Waals surface area contributed by atoms with E-state index in [1.54, 1.807) is 6.92 Å². The maximum Gasteiger partial charge on any atom is 0.309 e. The third kappa shape index (κ3) is 3.18. The van der Waals surface area contributed by atoms with E-state index in [2.05, 4.69) is 0 Å². The number of halogens is 2. The highest BCUT2D eigenvalue weighted by atomic mass is 35.5. The fourth-order valence-corrected chi connectivity index (χ4v) is 4.43. The Morgan fingerprint density at radius 2 is 1.86 bits per heavy atom. The van der Waals surface area contributed by atoms with Gasteiger partial charge in [0.05, 0.1) is 10.4 Å². The summed E-state index contributed by atoms with van der Waals surface area (Å²) in [5.74, 6) is -0.902. The lowest BCUT2D eigenvalue weighted by molar-refractivity contribution is -0.150. The molecule has 5 nitrogen and oxygen atoms in total. The molecule has 1 saturated heterocycles. The van der Waals surface area contributed by atoms with Gasteiger partial charge in [-0.15, -0.1) is 0 Å². The lowest BCUT2D eigenvalue weighted by atomic mass is 9.81. The second-order valence-electron chi connectivity index (χ2n) is 5.34. The second kappa shape index (κ2) is 5.76. The van der Waals surface area contributed by atoms with Gasteiger partial charge >= 0.3 is 5.97 Å². The first-order chi connectivity index (χ1) is 9.67. The van der Waals surface area contributed by atoms with E-state index in [0.717, 1.165) is 0 Å². The molecule has 0 radical (unpaired) electrons. The number of benzene rings is 1. The third-order valence-electron chi connectivity index (χ3n) is 3.85. The fourth-order valence-electron chi connectivity index (χ4n) is 2.25. The Hall–Kier alpha value is -0.820. The molecule has 0 aromatic heterocycles. The van der Waals surface area contributed by atoms with Gasteiger partial charge in [-0.25, -0.2) is 8.42 Å². The highest BCUT2D eigenvalue weighted by Crippen LogP contribution is 2.35. The zero-order valence-electron chi connectivity index (χ0n) is 11.3. The largest absolute Gasteiger partial charge is 0.481 e. The quantitative estimate of drug-likeness (QED) is 0.908. The molecule has 1 N–H and O–H groups in total. The lowest BCUT2D eigenvalue weighted by Crippen LogP contribution is -2.45. The maximum atomic E-state index is 12.6. The third-order valence-corrected chi connectivity index (χ3v) is 6.47. The van der Waals surface area contributed by atoms with Crippen LogP contribution in [0, 0.1) is 5.41 Å². The maximum absolute atomic E-state index is 12.6. The molecule has 116 valence electrons. The van der Waals surface area contributed by atoms with Crippen molar-refractivity contribution in [2.45, 2.75) is 24.7 Å². The molecule has 2 rings (SSSR count). The zero-order valence-corrected chi connectivity index (χ0v) is 13.7. The minimum absolute atomic E-state index is 0.0457. The summed E-state index contributed by atoms with van der Waals surface area (Å²) in [5, 5.41) is 9.56.